The number of benzene rings is 4. The fraction of sp³-hybridized carbons (Fsp3) is 0.304. The number of aliphatic carboxylic acids is 2. The molecule has 0 aliphatic heterocycles. The van der Waals surface area contributed by atoms with Crippen molar-refractivity contribution in [3.8, 4) is 34.1 Å². The number of nitrogens with zero attached hydrogens (tertiary/aromatic N) is 2. The molecule has 62 heavy (non-hydrogen) atoms. The summed E-state index contributed by atoms with van der Waals surface area (Å²) in [6.07, 6.45) is 4.66. The van der Waals surface area contributed by atoms with Gasteiger partial charge in [0.15, 0.2) is 0 Å². The van der Waals surface area contributed by atoms with Crippen LogP contribution in [0.2, 0.25) is 10.0 Å². The van der Waals surface area contributed by atoms with Crippen molar-refractivity contribution in [2.75, 3.05) is 13.1 Å². The largest absolute Gasteiger partial charge is 0.487 e. The van der Waals surface area contributed by atoms with Gasteiger partial charge in [0.2, 0.25) is 0 Å². The van der Waals surface area contributed by atoms with Gasteiger partial charge in [0.05, 0.1) is 10.0 Å². The number of nitrogens with one attached hydrogen (secondary N) is 2. The van der Waals surface area contributed by atoms with Crippen LogP contribution in [0.15, 0.2) is 83.8 Å². The number of thiazole rings is 2. The predicted octanol–water partition coefficient (Wildman–Crippen LogP) is 10.4. The van der Waals surface area contributed by atoms with Gasteiger partial charge in [0.1, 0.15) is 59.4 Å². The molecule has 12 nitrogen and oxygen atoms in total. The van der Waals surface area contributed by atoms with E-state index in [0.29, 0.717) is 72.1 Å². The van der Waals surface area contributed by atoms with Crippen molar-refractivity contribution in [1.82, 2.24) is 20.6 Å². The van der Waals surface area contributed by atoms with Gasteiger partial charge in [-0.2, -0.15) is 0 Å². The van der Waals surface area contributed by atoms with Crippen LogP contribution in [0.1, 0.15) is 69.1 Å². The van der Waals surface area contributed by atoms with Crippen LogP contribution in [-0.4, -0.2) is 45.2 Å². The molecule has 326 valence electrons. The fourth-order valence-electron chi connectivity index (χ4n) is 6.60. The molecule has 4 aromatic carbocycles. The molecule has 0 spiro atoms. The monoisotopic (exact) mass is 918 g/mol. The van der Waals surface area contributed by atoms with E-state index in [2.05, 4.69) is 46.6 Å². The summed E-state index contributed by atoms with van der Waals surface area (Å²) in [6, 6.07) is 19.5. The Morgan fingerprint density at radius 2 is 1.02 bits per heavy atom. The second-order valence-corrected chi connectivity index (χ2v) is 17.1. The molecule has 0 saturated heterocycles. The van der Waals surface area contributed by atoms with Gasteiger partial charge in [-0.15, -0.1) is 22.7 Å². The molecule has 0 unspecified atom stereocenters. The zero-order valence-electron chi connectivity index (χ0n) is 34.4. The molecule has 0 aliphatic carbocycles. The number of hydrogen-bond donors (Lipinski definition) is 4. The Hall–Kier alpha value is -5.22. The molecular formula is C46H48Cl2N4O8S2. The lowest BCUT2D eigenvalue weighted by molar-refractivity contribution is -0.138. The number of ether oxygens (including phenoxy) is 4. The van der Waals surface area contributed by atoms with E-state index in [9.17, 15) is 9.59 Å². The lowest BCUT2D eigenvalue weighted by atomic mass is 9.92. The summed E-state index contributed by atoms with van der Waals surface area (Å²) >= 11 is 16.6. The van der Waals surface area contributed by atoms with Crippen LogP contribution in [0.3, 0.4) is 0 Å². The zero-order valence-corrected chi connectivity index (χ0v) is 37.5. The third-order valence-electron chi connectivity index (χ3n) is 9.97. The molecule has 16 heteroatoms. The molecule has 0 amide bonds. The first kappa shape index (κ1) is 46.3. The first-order chi connectivity index (χ1) is 30.0. The summed E-state index contributed by atoms with van der Waals surface area (Å²) in [5.41, 5.74) is 7.86. The van der Waals surface area contributed by atoms with Crippen molar-refractivity contribution in [3.05, 3.63) is 137 Å². The number of carboxylic acid groups (broad SMARTS) is 2. The zero-order chi connectivity index (χ0) is 43.8. The molecule has 2 heterocycles. The van der Waals surface area contributed by atoms with Gasteiger partial charge in [-0.1, -0.05) is 59.6 Å². The molecule has 6 aromatic rings. The standard InChI is InChI=1S/C46H48Cl2N4O8S2/c1-29-31(25-57-41-21-39(59-27-43-51-15-17-61-43)33(19-37(41)47)23-49-13-5-11-45(53)54)7-3-9-35(29)36-10-4-8-32(30(36)2)26-58-42-22-40(60-28-44-52-16-18-62-44)34(20-38(42)48)24-50-14-6-12-46(55)56/h3-4,7-10,15-22,49-50H,5-6,11-14,23-28H2,1-2H3,(H,53,54)(H,55,56). The minimum atomic E-state index is -0.828. The third-order valence-corrected chi connectivity index (χ3v) is 12.1. The van der Waals surface area contributed by atoms with E-state index < -0.39 is 11.9 Å². The Kier molecular flexibility index (Phi) is 17.4. The summed E-state index contributed by atoms with van der Waals surface area (Å²) < 4.78 is 25.1. The van der Waals surface area contributed by atoms with Crippen LogP contribution < -0.4 is 29.6 Å². The summed E-state index contributed by atoms with van der Waals surface area (Å²) in [7, 11) is 0. The number of rotatable bonds is 25. The Balaban J connectivity index is 1.15. The number of carboxylic acids is 2. The van der Waals surface area contributed by atoms with Crippen molar-refractivity contribution in [1.29, 1.82) is 0 Å². The molecule has 0 saturated carbocycles. The van der Waals surface area contributed by atoms with E-state index in [4.69, 9.17) is 52.4 Å². The van der Waals surface area contributed by atoms with Gasteiger partial charge < -0.3 is 39.8 Å². The fourth-order valence-corrected chi connectivity index (χ4v) is 8.13. The number of aromatic nitrogens is 2. The van der Waals surface area contributed by atoms with E-state index in [0.717, 1.165) is 54.5 Å². The quantitative estimate of drug-likeness (QED) is 0.0403. The molecule has 0 bridgehead atoms. The maximum atomic E-state index is 10.9. The topological polar surface area (TPSA) is 161 Å². The lowest BCUT2D eigenvalue weighted by Gasteiger charge is -2.19. The predicted molar refractivity (Wildman–Crippen MR) is 243 cm³/mol. The molecule has 0 atom stereocenters. The first-order valence-corrected chi connectivity index (χ1v) is 22.5. The van der Waals surface area contributed by atoms with Crippen LogP contribution in [0.5, 0.6) is 23.0 Å². The highest BCUT2D eigenvalue weighted by atomic mass is 35.5. The Morgan fingerprint density at radius 1 is 0.597 bits per heavy atom. The van der Waals surface area contributed by atoms with Gasteiger partial charge >= 0.3 is 11.9 Å². The molecule has 6 rings (SSSR count). The van der Waals surface area contributed by atoms with Crippen molar-refractivity contribution in [2.24, 2.45) is 0 Å². The molecule has 0 fully saturated rings. The minimum Gasteiger partial charge on any atom is -0.487 e. The smallest absolute Gasteiger partial charge is 0.303 e. The number of carbonyl (C=O) groups is 2. The number of hydrogen-bond acceptors (Lipinski definition) is 12. The molecule has 0 aliphatic rings. The van der Waals surface area contributed by atoms with E-state index >= 15 is 0 Å². The third kappa shape index (κ3) is 13.4. The summed E-state index contributed by atoms with van der Waals surface area (Å²) in [5.74, 6) is 0.502. The average molecular weight is 920 g/mol. The second kappa shape index (κ2) is 23.3. The molecule has 0 radical (unpaired) electrons. The van der Waals surface area contributed by atoms with E-state index in [-0.39, 0.29) is 39.3 Å². The Bertz CT molecular complexity index is 2250. The first-order valence-electron chi connectivity index (χ1n) is 20.0. The van der Waals surface area contributed by atoms with Gasteiger partial charge in [0, 0.05) is 72.3 Å². The normalized spacial score (nSPS) is 11.1. The molecule has 4 N–H and O–H groups in total. The average Bonchev–Trinajstić information content (AvgIpc) is 3.98. The highest BCUT2D eigenvalue weighted by Gasteiger charge is 2.17. The molecule has 2 aromatic heterocycles. The van der Waals surface area contributed by atoms with Crippen molar-refractivity contribution < 1.29 is 38.7 Å². The highest BCUT2D eigenvalue weighted by molar-refractivity contribution is 7.09. The summed E-state index contributed by atoms with van der Waals surface area (Å²) in [6.45, 7) is 7.21. The Labute approximate surface area is 378 Å². The van der Waals surface area contributed by atoms with Gasteiger partial charge in [-0.05, 0) is 85.3 Å². The van der Waals surface area contributed by atoms with Gasteiger partial charge in [-0.3, -0.25) is 9.59 Å². The van der Waals surface area contributed by atoms with Gasteiger partial charge in [0.25, 0.3) is 0 Å². The summed E-state index contributed by atoms with van der Waals surface area (Å²) in [4.78, 5) is 30.5. The maximum Gasteiger partial charge on any atom is 0.303 e. The van der Waals surface area contributed by atoms with Crippen LogP contribution in [0.4, 0.5) is 0 Å². The van der Waals surface area contributed by atoms with Crippen molar-refractivity contribution in [2.45, 2.75) is 79.0 Å². The van der Waals surface area contributed by atoms with Crippen molar-refractivity contribution in [3.63, 3.8) is 0 Å². The number of halogens is 2. The van der Waals surface area contributed by atoms with Crippen LogP contribution >= 0.6 is 45.9 Å². The van der Waals surface area contributed by atoms with Gasteiger partial charge in [-0.25, -0.2) is 9.97 Å². The van der Waals surface area contributed by atoms with E-state index in [1.54, 1.807) is 24.5 Å². The van der Waals surface area contributed by atoms with Crippen molar-refractivity contribution >= 4 is 57.8 Å². The maximum absolute atomic E-state index is 10.9. The molecular weight excluding hydrogens is 872 g/mol. The minimum absolute atomic E-state index is 0.0890. The Morgan fingerprint density at radius 3 is 1.40 bits per heavy atom. The summed E-state index contributed by atoms with van der Waals surface area (Å²) in [5, 5.41) is 30.9. The van der Waals surface area contributed by atoms with Crippen LogP contribution in [-0.2, 0) is 49.1 Å². The van der Waals surface area contributed by atoms with E-state index in [1.807, 2.05) is 47.2 Å². The van der Waals surface area contributed by atoms with Crippen LogP contribution in [0.25, 0.3) is 11.1 Å². The van der Waals surface area contributed by atoms with E-state index in [1.165, 1.54) is 22.7 Å². The highest BCUT2D eigenvalue weighted by Crippen LogP contribution is 2.37. The van der Waals surface area contributed by atoms with Crippen LogP contribution in [0, 0.1) is 13.8 Å². The lowest BCUT2D eigenvalue weighted by Crippen LogP contribution is -2.16. The SMILES string of the molecule is Cc1c(COc2cc(OCc3nccs3)c(CNCCCC(=O)O)cc2Cl)cccc1-c1cccc(COc2cc(OCc3nccs3)c(CNCCCC(=O)O)cc2Cl)c1C. The second-order valence-electron chi connectivity index (χ2n) is 14.3.